The number of anilines is 1. The van der Waals surface area contributed by atoms with Gasteiger partial charge in [0.05, 0.1) is 25.9 Å². The molecule has 2 atom stereocenters. The Kier molecular flexibility index (Phi) is 7.19. The molecule has 0 saturated carbocycles. The number of halogens is 1. The molecule has 138 valence electrons. The van der Waals surface area contributed by atoms with Gasteiger partial charge in [-0.1, -0.05) is 0 Å². The molecule has 25 heavy (non-hydrogen) atoms. The maximum absolute atomic E-state index is 12.4. The summed E-state index contributed by atoms with van der Waals surface area (Å²) in [5.41, 5.74) is 1.28. The molecule has 0 aliphatic carbocycles. The molecule has 2 fully saturated rings. The molecule has 2 heterocycles. The first-order valence-electron chi connectivity index (χ1n) is 8.28. The van der Waals surface area contributed by atoms with Crippen LogP contribution in [0.4, 0.5) is 5.69 Å². The molecule has 0 unspecified atom stereocenters. The molecule has 3 rings (SSSR count). The third-order valence-electron chi connectivity index (χ3n) is 4.30. The second-order valence-electron chi connectivity index (χ2n) is 5.98. The fourth-order valence-corrected chi connectivity index (χ4v) is 2.89. The number of hydrogen-bond acceptors (Lipinski definition) is 5. The van der Waals surface area contributed by atoms with Crippen LogP contribution in [-0.2, 0) is 14.3 Å². The van der Waals surface area contributed by atoms with Gasteiger partial charge in [0, 0.05) is 30.9 Å². The van der Waals surface area contributed by atoms with Gasteiger partial charge in [0.25, 0.3) is 5.91 Å². The molecule has 0 radical (unpaired) electrons. The Morgan fingerprint density at radius 3 is 2.48 bits per heavy atom. The summed E-state index contributed by atoms with van der Waals surface area (Å²) in [4.78, 5) is 26.5. The van der Waals surface area contributed by atoms with Crippen LogP contribution in [0.15, 0.2) is 24.3 Å². The van der Waals surface area contributed by atoms with Crippen molar-refractivity contribution in [3.8, 4) is 0 Å². The molecule has 0 aromatic heterocycles. The topological polar surface area (TPSA) is 79.9 Å². The quantitative estimate of drug-likeness (QED) is 0.827. The van der Waals surface area contributed by atoms with Crippen molar-refractivity contribution in [3.05, 3.63) is 29.8 Å². The number of rotatable bonds is 3. The molecule has 2 aliphatic rings. The lowest BCUT2D eigenvalue weighted by molar-refractivity contribution is -0.123. The van der Waals surface area contributed by atoms with E-state index in [-0.39, 0.29) is 36.4 Å². The molecular formula is C17H24ClN3O4. The van der Waals surface area contributed by atoms with E-state index in [1.807, 2.05) is 6.92 Å². The van der Waals surface area contributed by atoms with Gasteiger partial charge in [-0.3, -0.25) is 9.59 Å². The van der Waals surface area contributed by atoms with Gasteiger partial charge in [-0.15, -0.1) is 12.4 Å². The van der Waals surface area contributed by atoms with Crippen molar-refractivity contribution in [2.75, 3.05) is 44.8 Å². The zero-order valence-corrected chi connectivity index (χ0v) is 15.0. The van der Waals surface area contributed by atoms with E-state index in [2.05, 4.69) is 10.6 Å². The average molecular weight is 370 g/mol. The smallest absolute Gasteiger partial charge is 0.254 e. The monoisotopic (exact) mass is 369 g/mol. The molecule has 1 aromatic carbocycles. The first-order chi connectivity index (χ1) is 11.6. The van der Waals surface area contributed by atoms with Crippen LogP contribution in [0.25, 0.3) is 0 Å². The maximum atomic E-state index is 12.4. The SMILES string of the molecule is C[C@H]1OCCN[C@@H]1C(=O)Nc1ccc(C(=O)N2CCOCC2)cc1.Cl. The predicted molar refractivity (Wildman–Crippen MR) is 96.2 cm³/mol. The maximum Gasteiger partial charge on any atom is 0.254 e. The Morgan fingerprint density at radius 2 is 1.84 bits per heavy atom. The van der Waals surface area contributed by atoms with Gasteiger partial charge in [-0.05, 0) is 31.2 Å². The third-order valence-corrected chi connectivity index (χ3v) is 4.30. The number of carbonyl (C=O) groups is 2. The lowest BCUT2D eigenvalue weighted by atomic mass is 10.1. The van der Waals surface area contributed by atoms with E-state index in [4.69, 9.17) is 9.47 Å². The van der Waals surface area contributed by atoms with Crippen LogP contribution in [-0.4, -0.2) is 68.3 Å². The number of benzene rings is 1. The van der Waals surface area contributed by atoms with E-state index >= 15 is 0 Å². The number of amides is 2. The highest BCUT2D eigenvalue weighted by molar-refractivity contribution is 5.97. The van der Waals surface area contributed by atoms with Gasteiger partial charge < -0.3 is 25.0 Å². The Labute approximate surface area is 153 Å². The first-order valence-corrected chi connectivity index (χ1v) is 8.28. The molecule has 2 saturated heterocycles. The van der Waals surface area contributed by atoms with E-state index in [0.717, 1.165) is 0 Å². The van der Waals surface area contributed by atoms with Crippen LogP contribution in [0.2, 0.25) is 0 Å². The largest absolute Gasteiger partial charge is 0.378 e. The van der Waals surface area contributed by atoms with E-state index in [0.29, 0.717) is 50.7 Å². The summed E-state index contributed by atoms with van der Waals surface area (Å²) in [5.74, 6) is -0.137. The molecule has 2 N–H and O–H groups in total. The predicted octanol–water partition coefficient (Wildman–Crippen LogP) is 0.896. The van der Waals surface area contributed by atoms with Crippen molar-refractivity contribution in [2.24, 2.45) is 0 Å². The zero-order valence-electron chi connectivity index (χ0n) is 14.2. The Morgan fingerprint density at radius 1 is 1.16 bits per heavy atom. The summed E-state index contributed by atoms with van der Waals surface area (Å²) in [7, 11) is 0. The van der Waals surface area contributed by atoms with Crippen LogP contribution in [0.3, 0.4) is 0 Å². The highest BCUT2D eigenvalue weighted by atomic mass is 35.5. The summed E-state index contributed by atoms with van der Waals surface area (Å²) in [5, 5.41) is 6.01. The molecule has 0 spiro atoms. The zero-order chi connectivity index (χ0) is 16.9. The minimum absolute atomic E-state index is 0. The molecular weight excluding hydrogens is 346 g/mol. The summed E-state index contributed by atoms with van der Waals surface area (Å²) < 4.78 is 10.7. The van der Waals surface area contributed by atoms with Crippen molar-refractivity contribution >= 4 is 29.9 Å². The number of morpholine rings is 2. The van der Waals surface area contributed by atoms with E-state index in [1.54, 1.807) is 29.2 Å². The van der Waals surface area contributed by atoms with E-state index in [1.165, 1.54) is 0 Å². The molecule has 0 bridgehead atoms. The van der Waals surface area contributed by atoms with Crippen LogP contribution in [0.1, 0.15) is 17.3 Å². The normalized spacial score (nSPS) is 23.5. The van der Waals surface area contributed by atoms with Gasteiger partial charge in [0.2, 0.25) is 5.91 Å². The fraction of sp³-hybridized carbons (Fsp3) is 0.529. The number of ether oxygens (including phenoxy) is 2. The summed E-state index contributed by atoms with van der Waals surface area (Å²) >= 11 is 0. The minimum atomic E-state index is -0.367. The van der Waals surface area contributed by atoms with Crippen LogP contribution >= 0.6 is 12.4 Å². The number of hydrogen-bond donors (Lipinski definition) is 2. The van der Waals surface area contributed by atoms with Crippen LogP contribution in [0.5, 0.6) is 0 Å². The van der Waals surface area contributed by atoms with E-state index in [9.17, 15) is 9.59 Å². The highest BCUT2D eigenvalue weighted by Gasteiger charge is 2.28. The molecule has 1 aromatic rings. The second-order valence-corrected chi connectivity index (χ2v) is 5.98. The standard InChI is InChI=1S/C17H23N3O4.ClH/c1-12-15(18-6-9-24-12)16(21)19-14-4-2-13(3-5-14)17(22)20-7-10-23-11-8-20;/h2-5,12,15,18H,6-11H2,1H3,(H,19,21);1H/t12-,15+;/m1./s1. The summed E-state index contributed by atoms with van der Waals surface area (Å²) in [6, 6.07) is 6.61. The minimum Gasteiger partial charge on any atom is -0.378 e. The van der Waals surface area contributed by atoms with Gasteiger partial charge in [-0.25, -0.2) is 0 Å². The third kappa shape index (κ3) is 4.92. The molecule has 2 amide bonds. The van der Waals surface area contributed by atoms with Crippen LogP contribution in [0, 0.1) is 0 Å². The van der Waals surface area contributed by atoms with Crippen molar-refractivity contribution in [1.82, 2.24) is 10.2 Å². The van der Waals surface area contributed by atoms with Crippen molar-refractivity contribution < 1.29 is 19.1 Å². The second kappa shape index (κ2) is 9.15. The highest BCUT2D eigenvalue weighted by Crippen LogP contribution is 2.14. The fourth-order valence-electron chi connectivity index (χ4n) is 2.89. The van der Waals surface area contributed by atoms with Crippen molar-refractivity contribution in [1.29, 1.82) is 0 Å². The summed E-state index contributed by atoms with van der Waals surface area (Å²) in [6.45, 7) is 5.54. The average Bonchev–Trinajstić information content (AvgIpc) is 2.63. The molecule has 8 heteroatoms. The molecule has 2 aliphatic heterocycles. The van der Waals surface area contributed by atoms with Crippen LogP contribution < -0.4 is 10.6 Å². The lowest BCUT2D eigenvalue weighted by Crippen LogP contribution is -2.53. The number of nitrogens with zero attached hydrogens (tertiary/aromatic N) is 1. The molecule has 7 nitrogen and oxygen atoms in total. The van der Waals surface area contributed by atoms with Crippen molar-refractivity contribution in [2.45, 2.75) is 19.1 Å². The Bertz CT molecular complexity index is 590. The van der Waals surface area contributed by atoms with Gasteiger partial charge in [0.15, 0.2) is 0 Å². The van der Waals surface area contributed by atoms with E-state index < -0.39 is 0 Å². The Balaban J connectivity index is 0.00000225. The van der Waals surface area contributed by atoms with Crippen molar-refractivity contribution in [3.63, 3.8) is 0 Å². The van der Waals surface area contributed by atoms with Gasteiger partial charge >= 0.3 is 0 Å². The number of nitrogens with one attached hydrogen (secondary N) is 2. The lowest BCUT2D eigenvalue weighted by Gasteiger charge is -2.29. The Hall–Kier alpha value is -1.67. The number of carbonyl (C=O) groups excluding carboxylic acids is 2. The first kappa shape index (κ1) is 19.7. The van der Waals surface area contributed by atoms with Gasteiger partial charge in [0.1, 0.15) is 6.04 Å². The summed E-state index contributed by atoms with van der Waals surface area (Å²) in [6.07, 6.45) is -0.166. The van der Waals surface area contributed by atoms with Gasteiger partial charge in [-0.2, -0.15) is 0 Å².